The van der Waals surface area contributed by atoms with Crippen LogP contribution in [0.3, 0.4) is 0 Å². The third-order valence-corrected chi connectivity index (χ3v) is 6.35. The summed E-state index contributed by atoms with van der Waals surface area (Å²) in [6.45, 7) is 0. The van der Waals surface area contributed by atoms with Crippen molar-refractivity contribution in [1.82, 2.24) is 0 Å². The SMILES string of the molecule is O=C1Cc2cc(C(O)C3CCCCS3(=O)=O)ccc2N1. The molecular formula is C14H17NO4S. The molecule has 0 radical (unpaired) electrons. The minimum atomic E-state index is -3.23. The van der Waals surface area contributed by atoms with Crippen molar-refractivity contribution in [1.29, 1.82) is 0 Å². The van der Waals surface area contributed by atoms with Crippen molar-refractivity contribution >= 4 is 21.4 Å². The van der Waals surface area contributed by atoms with Gasteiger partial charge in [-0.3, -0.25) is 4.79 Å². The molecule has 1 aromatic carbocycles. The highest BCUT2D eigenvalue weighted by Gasteiger charge is 2.35. The fourth-order valence-corrected chi connectivity index (χ4v) is 4.97. The molecule has 2 heterocycles. The van der Waals surface area contributed by atoms with E-state index < -0.39 is 21.2 Å². The van der Waals surface area contributed by atoms with Crippen molar-refractivity contribution in [2.45, 2.75) is 37.0 Å². The van der Waals surface area contributed by atoms with Crippen LogP contribution in [0.25, 0.3) is 0 Å². The predicted octanol–water partition coefficient (Wildman–Crippen LogP) is 1.18. The van der Waals surface area contributed by atoms with E-state index in [-0.39, 0.29) is 18.1 Å². The summed E-state index contributed by atoms with van der Waals surface area (Å²) in [7, 11) is -3.23. The summed E-state index contributed by atoms with van der Waals surface area (Å²) >= 11 is 0. The zero-order valence-corrected chi connectivity index (χ0v) is 11.8. The van der Waals surface area contributed by atoms with Gasteiger partial charge in [-0.25, -0.2) is 8.42 Å². The number of carbonyl (C=O) groups excluding carboxylic acids is 1. The molecule has 6 heteroatoms. The molecule has 0 aromatic heterocycles. The summed E-state index contributed by atoms with van der Waals surface area (Å²) in [5, 5.41) is 12.4. The van der Waals surface area contributed by atoms with Crippen LogP contribution in [-0.2, 0) is 21.1 Å². The highest BCUT2D eigenvalue weighted by Crippen LogP contribution is 2.33. The number of fused-ring (bicyclic) bond motifs is 1. The Hall–Kier alpha value is -1.40. The summed E-state index contributed by atoms with van der Waals surface area (Å²) in [5.74, 6) is 0.0802. The highest BCUT2D eigenvalue weighted by atomic mass is 32.2. The average Bonchev–Trinajstić information content (AvgIpc) is 2.76. The molecule has 0 aliphatic carbocycles. The second kappa shape index (κ2) is 4.86. The second-order valence-electron chi connectivity index (χ2n) is 5.49. The Kier molecular flexibility index (Phi) is 3.30. The molecule has 2 unspecified atom stereocenters. The van der Waals surface area contributed by atoms with E-state index in [1.54, 1.807) is 18.2 Å². The molecular weight excluding hydrogens is 278 g/mol. The molecule has 1 aromatic rings. The fraction of sp³-hybridized carbons (Fsp3) is 0.500. The van der Waals surface area contributed by atoms with E-state index in [4.69, 9.17) is 0 Å². The maximum atomic E-state index is 12.1. The van der Waals surface area contributed by atoms with Crippen molar-refractivity contribution in [3.63, 3.8) is 0 Å². The molecule has 2 N–H and O–H groups in total. The van der Waals surface area contributed by atoms with Gasteiger partial charge in [0.1, 0.15) is 0 Å². The van der Waals surface area contributed by atoms with Crippen molar-refractivity contribution < 1.29 is 18.3 Å². The van der Waals surface area contributed by atoms with Crippen molar-refractivity contribution in [2.75, 3.05) is 11.1 Å². The lowest BCUT2D eigenvalue weighted by molar-refractivity contribution is -0.115. The summed E-state index contributed by atoms with van der Waals surface area (Å²) in [6, 6.07) is 5.16. The molecule has 2 atom stereocenters. The van der Waals surface area contributed by atoms with Gasteiger partial charge >= 0.3 is 0 Å². The number of hydrogen-bond donors (Lipinski definition) is 2. The maximum absolute atomic E-state index is 12.1. The number of hydrogen-bond acceptors (Lipinski definition) is 4. The van der Waals surface area contributed by atoms with Gasteiger partial charge in [0.25, 0.3) is 0 Å². The maximum Gasteiger partial charge on any atom is 0.228 e. The molecule has 1 fully saturated rings. The lowest BCUT2D eigenvalue weighted by Crippen LogP contribution is -2.33. The first-order chi connectivity index (χ1) is 9.47. The van der Waals surface area contributed by atoms with Gasteiger partial charge in [0.2, 0.25) is 5.91 Å². The highest BCUT2D eigenvalue weighted by molar-refractivity contribution is 7.92. The average molecular weight is 295 g/mol. The summed E-state index contributed by atoms with van der Waals surface area (Å²) in [5.41, 5.74) is 2.15. The first kappa shape index (κ1) is 13.6. The molecule has 5 nitrogen and oxygen atoms in total. The van der Waals surface area contributed by atoms with Crippen molar-refractivity contribution in [3.05, 3.63) is 29.3 Å². The Morgan fingerprint density at radius 3 is 2.85 bits per heavy atom. The van der Waals surface area contributed by atoms with E-state index in [1.165, 1.54) is 0 Å². The monoisotopic (exact) mass is 295 g/mol. The number of rotatable bonds is 2. The molecule has 0 spiro atoms. The van der Waals surface area contributed by atoms with E-state index in [0.29, 0.717) is 18.4 Å². The van der Waals surface area contributed by atoms with Crippen molar-refractivity contribution in [2.24, 2.45) is 0 Å². The molecule has 20 heavy (non-hydrogen) atoms. The van der Waals surface area contributed by atoms with Gasteiger partial charge in [-0.2, -0.15) is 0 Å². The normalized spacial score (nSPS) is 25.9. The van der Waals surface area contributed by atoms with E-state index in [2.05, 4.69) is 5.32 Å². The van der Waals surface area contributed by atoms with Crippen molar-refractivity contribution in [3.8, 4) is 0 Å². The number of nitrogens with one attached hydrogen (secondary N) is 1. The third-order valence-electron chi connectivity index (χ3n) is 4.08. The molecule has 0 saturated carbocycles. The number of sulfone groups is 1. The van der Waals surface area contributed by atoms with Crippen LogP contribution in [0.15, 0.2) is 18.2 Å². The van der Waals surface area contributed by atoms with E-state index in [1.807, 2.05) is 0 Å². The fourth-order valence-electron chi connectivity index (χ4n) is 2.98. The largest absolute Gasteiger partial charge is 0.387 e. The van der Waals surface area contributed by atoms with Crippen LogP contribution in [0, 0.1) is 0 Å². The Morgan fingerprint density at radius 1 is 1.30 bits per heavy atom. The zero-order chi connectivity index (χ0) is 14.3. The first-order valence-corrected chi connectivity index (χ1v) is 8.51. The summed E-state index contributed by atoms with van der Waals surface area (Å²) in [4.78, 5) is 11.3. The number of anilines is 1. The van der Waals surface area contributed by atoms with Gasteiger partial charge < -0.3 is 10.4 Å². The van der Waals surface area contributed by atoms with Crippen LogP contribution in [-0.4, -0.2) is 30.4 Å². The minimum absolute atomic E-state index is 0.0723. The van der Waals surface area contributed by atoms with Crippen LogP contribution in [0.5, 0.6) is 0 Å². The van der Waals surface area contributed by atoms with E-state index in [9.17, 15) is 18.3 Å². The standard InChI is InChI=1S/C14H17NO4S/c16-13-8-10-7-9(4-5-11(10)15-13)14(17)12-3-1-2-6-20(12,18)19/h4-5,7,12,14,17H,1-3,6,8H2,(H,15,16). The van der Waals surface area contributed by atoms with E-state index in [0.717, 1.165) is 17.7 Å². The smallest absolute Gasteiger partial charge is 0.228 e. The quantitative estimate of drug-likeness (QED) is 0.858. The number of aliphatic hydroxyl groups excluding tert-OH is 1. The molecule has 108 valence electrons. The number of amides is 1. The van der Waals surface area contributed by atoms with Gasteiger partial charge in [-0.1, -0.05) is 18.6 Å². The molecule has 0 bridgehead atoms. The van der Waals surface area contributed by atoms with Crippen LogP contribution in [0.2, 0.25) is 0 Å². The first-order valence-electron chi connectivity index (χ1n) is 6.80. The van der Waals surface area contributed by atoms with Gasteiger partial charge in [0.15, 0.2) is 9.84 Å². The topological polar surface area (TPSA) is 83.5 Å². The lowest BCUT2D eigenvalue weighted by atomic mass is 9.99. The Bertz CT molecular complexity index is 653. The van der Waals surface area contributed by atoms with Gasteiger partial charge in [-0.15, -0.1) is 0 Å². The molecule has 1 saturated heterocycles. The number of aliphatic hydroxyl groups is 1. The Balaban J connectivity index is 1.89. The molecule has 1 amide bonds. The van der Waals surface area contributed by atoms with Crippen LogP contribution in [0.1, 0.15) is 36.5 Å². The van der Waals surface area contributed by atoms with E-state index >= 15 is 0 Å². The summed E-state index contributed by atoms with van der Waals surface area (Å²) in [6.07, 6.45) is 1.27. The molecule has 2 aliphatic heterocycles. The summed E-state index contributed by atoms with van der Waals surface area (Å²) < 4.78 is 24.1. The van der Waals surface area contributed by atoms with Crippen LogP contribution < -0.4 is 5.32 Å². The van der Waals surface area contributed by atoms with Crippen LogP contribution >= 0.6 is 0 Å². The predicted molar refractivity (Wildman–Crippen MR) is 75.2 cm³/mol. The number of benzene rings is 1. The second-order valence-corrected chi connectivity index (χ2v) is 7.83. The Labute approximate surface area is 117 Å². The van der Waals surface area contributed by atoms with Gasteiger partial charge in [-0.05, 0) is 30.0 Å². The molecule has 3 rings (SSSR count). The molecule has 2 aliphatic rings. The Morgan fingerprint density at radius 2 is 2.10 bits per heavy atom. The zero-order valence-electron chi connectivity index (χ0n) is 11.0. The van der Waals surface area contributed by atoms with Gasteiger partial charge in [0.05, 0.1) is 23.5 Å². The number of carbonyl (C=O) groups is 1. The lowest BCUT2D eigenvalue weighted by Gasteiger charge is -2.27. The third kappa shape index (κ3) is 2.33. The van der Waals surface area contributed by atoms with Gasteiger partial charge in [0, 0.05) is 5.69 Å². The van der Waals surface area contributed by atoms with Crippen LogP contribution in [0.4, 0.5) is 5.69 Å². The minimum Gasteiger partial charge on any atom is -0.387 e.